The monoisotopic (exact) mass is 640 g/mol. The maximum Gasteiger partial charge on any atom is 0.416 e. The van der Waals surface area contributed by atoms with Gasteiger partial charge in [0.2, 0.25) is 5.78 Å². The van der Waals surface area contributed by atoms with Crippen molar-refractivity contribution in [1.29, 1.82) is 0 Å². The van der Waals surface area contributed by atoms with Gasteiger partial charge in [-0.2, -0.15) is 23.3 Å². The molecule has 2 aromatic heterocycles. The Morgan fingerprint density at radius 3 is 2.46 bits per heavy atom. The highest BCUT2D eigenvalue weighted by Crippen LogP contribution is 2.32. The van der Waals surface area contributed by atoms with Crippen LogP contribution in [0.25, 0.3) is 16.9 Å². The summed E-state index contributed by atoms with van der Waals surface area (Å²) in [5.74, 6) is 0.871. The number of aryl methyl sites for hydroxylation is 1. The average molecular weight is 641 g/mol. The van der Waals surface area contributed by atoms with Gasteiger partial charge in [-0.25, -0.2) is 4.52 Å². The number of aromatic nitrogens is 4. The summed E-state index contributed by atoms with van der Waals surface area (Å²) >= 11 is 0. The molecule has 1 aliphatic carbocycles. The number of nitrogens with one attached hydrogen (secondary N) is 1. The molecule has 0 radical (unpaired) electrons. The molecule has 0 bridgehead atoms. The Morgan fingerprint density at radius 1 is 1.09 bits per heavy atom. The van der Waals surface area contributed by atoms with Crippen molar-refractivity contribution in [3.05, 3.63) is 87.6 Å². The van der Waals surface area contributed by atoms with E-state index >= 15 is 0 Å². The highest BCUT2D eigenvalue weighted by Gasteiger charge is 2.39. The average Bonchev–Trinajstić information content (AvgIpc) is 3.71. The SMILES string of the molecule is CCCc1c(Cc2ccc(-c3ccccc3C3=NOC(O)N3)cc2)c(=O)n([C@H]2CC[C@H](OCC(O)C(F)(F)F)CC2)c2ncnn12. The Morgan fingerprint density at radius 2 is 1.80 bits per heavy atom. The van der Waals surface area contributed by atoms with Crippen LogP contribution in [0.3, 0.4) is 0 Å². The number of hydrogen-bond acceptors (Lipinski definition) is 9. The summed E-state index contributed by atoms with van der Waals surface area (Å²) in [5.41, 5.74) is 4.78. The number of aliphatic hydroxyl groups excluding tert-OH is 2. The number of fused-ring (bicyclic) bond motifs is 1. The molecule has 1 fully saturated rings. The topological polar surface area (TPSA) is 136 Å². The first-order valence-corrected chi connectivity index (χ1v) is 15.3. The number of rotatable bonds is 10. The normalized spacial score (nSPS) is 20.7. The largest absolute Gasteiger partial charge is 0.416 e. The molecule has 3 N–H and O–H groups in total. The van der Waals surface area contributed by atoms with Gasteiger partial charge in [0, 0.05) is 23.6 Å². The second-order valence-electron chi connectivity index (χ2n) is 11.6. The first-order chi connectivity index (χ1) is 22.1. The van der Waals surface area contributed by atoms with Crippen LogP contribution in [-0.2, 0) is 22.4 Å². The van der Waals surface area contributed by atoms with Gasteiger partial charge in [-0.15, -0.1) is 0 Å². The minimum absolute atomic E-state index is 0.154. The molecule has 14 heteroatoms. The number of hydrogen-bond donors (Lipinski definition) is 3. The molecule has 1 saturated carbocycles. The fraction of sp³-hybridized carbons (Fsp3) is 0.438. The van der Waals surface area contributed by atoms with E-state index in [2.05, 4.69) is 20.6 Å². The van der Waals surface area contributed by atoms with Crippen LogP contribution in [0.1, 0.15) is 67.5 Å². The standard InChI is InChI=1S/C32H35F3N6O5/c1-2-5-26-25(16-19-8-10-20(11-9-19)23-6-3-4-7-24(23)28-38-31(44)46-39-28)29(43)40(30-36-18-37-41(26)30)21-12-14-22(15-13-21)45-17-27(42)32(33,34)35/h3-4,6-11,18,21-22,27,31,42,44H,2,5,12-17H2,1H3,(H,38,39)/t21-,22-,27?,31?. The molecular formula is C32H35F3N6O5. The minimum Gasteiger partial charge on any atom is -0.382 e. The molecular weight excluding hydrogens is 605 g/mol. The number of ether oxygens (including phenoxy) is 1. The van der Waals surface area contributed by atoms with Gasteiger partial charge in [0.05, 0.1) is 18.4 Å². The van der Waals surface area contributed by atoms with Gasteiger partial charge in [-0.1, -0.05) is 67.0 Å². The van der Waals surface area contributed by atoms with Crippen molar-refractivity contribution < 1.29 is 33.0 Å². The van der Waals surface area contributed by atoms with Crippen molar-refractivity contribution in [3.8, 4) is 11.1 Å². The molecule has 3 heterocycles. The third-order valence-corrected chi connectivity index (χ3v) is 8.52. The molecule has 1 aliphatic heterocycles. The van der Waals surface area contributed by atoms with E-state index in [0.29, 0.717) is 55.7 Å². The smallest absolute Gasteiger partial charge is 0.382 e. The lowest BCUT2D eigenvalue weighted by Gasteiger charge is -2.31. The van der Waals surface area contributed by atoms with Gasteiger partial charge in [-0.3, -0.25) is 9.36 Å². The van der Waals surface area contributed by atoms with Gasteiger partial charge in [0.1, 0.15) is 6.33 Å². The summed E-state index contributed by atoms with van der Waals surface area (Å²) in [6.07, 6.45) is -3.74. The van der Waals surface area contributed by atoms with Crippen LogP contribution in [0.5, 0.6) is 0 Å². The Kier molecular flexibility index (Phi) is 9.11. The Bertz CT molecular complexity index is 1760. The summed E-state index contributed by atoms with van der Waals surface area (Å²) < 4.78 is 46.9. The quantitative estimate of drug-likeness (QED) is 0.236. The molecule has 6 rings (SSSR count). The van der Waals surface area contributed by atoms with Crippen LogP contribution in [-0.4, -0.2) is 66.6 Å². The molecule has 2 aromatic carbocycles. The summed E-state index contributed by atoms with van der Waals surface area (Å²) in [7, 11) is 0. The number of nitrogens with zero attached hydrogens (tertiary/aromatic N) is 5. The van der Waals surface area contributed by atoms with E-state index in [1.165, 1.54) is 6.33 Å². The maximum atomic E-state index is 14.2. The Hall–Kier alpha value is -4.27. The molecule has 2 aliphatic rings. The maximum absolute atomic E-state index is 14.2. The van der Waals surface area contributed by atoms with Crippen LogP contribution in [0.4, 0.5) is 13.2 Å². The van der Waals surface area contributed by atoms with E-state index in [4.69, 9.17) is 9.57 Å². The second-order valence-corrected chi connectivity index (χ2v) is 11.6. The number of benzene rings is 2. The molecule has 46 heavy (non-hydrogen) atoms. The zero-order valence-corrected chi connectivity index (χ0v) is 25.2. The second kappa shape index (κ2) is 13.2. The predicted molar refractivity (Wildman–Crippen MR) is 162 cm³/mol. The van der Waals surface area contributed by atoms with Crippen LogP contribution in [0.15, 0.2) is 64.8 Å². The van der Waals surface area contributed by atoms with Gasteiger partial charge < -0.3 is 25.1 Å². The lowest BCUT2D eigenvalue weighted by molar-refractivity contribution is -0.222. The Labute approximate surface area is 262 Å². The first kappa shape index (κ1) is 31.7. The van der Waals surface area contributed by atoms with E-state index in [0.717, 1.165) is 34.4 Å². The van der Waals surface area contributed by atoms with E-state index in [-0.39, 0.29) is 11.6 Å². The zero-order valence-electron chi connectivity index (χ0n) is 25.2. The molecule has 11 nitrogen and oxygen atoms in total. The van der Waals surface area contributed by atoms with Gasteiger partial charge in [-0.05, 0) is 48.8 Å². The summed E-state index contributed by atoms with van der Waals surface area (Å²) in [6, 6.07) is 15.3. The molecule has 4 aromatic rings. The van der Waals surface area contributed by atoms with E-state index in [9.17, 15) is 28.2 Å². The Balaban J connectivity index is 1.26. The molecule has 0 amide bonds. The van der Waals surface area contributed by atoms with Crippen LogP contribution < -0.4 is 10.9 Å². The minimum atomic E-state index is -4.73. The van der Waals surface area contributed by atoms with Crippen LogP contribution >= 0.6 is 0 Å². The fourth-order valence-corrected chi connectivity index (χ4v) is 6.22. The number of alkyl halides is 3. The van der Waals surface area contributed by atoms with Crippen molar-refractivity contribution in [3.63, 3.8) is 0 Å². The van der Waals surface area contributed by atoms with E-state index < -0.39 is 31.4 Å². The number of aliphatic hydroxyl groups is 2. The molecule has 244 valence electrons. The fourth-order valence-electron chi connectivity index (χ4n) is 6.22. The molecule has 0 saturated heterocycles. The number of halogens is 3. The van der Waals surface area contributed by atoms with Crippen LogP contribution in [0.2, 0.25) is 0 Å². The van der Waals surface area contributed by atoms with Crippen LogP contribution in [0, 0.1) is 0 Å². The summed E-state index contributed by atoms with van der Waals surface area (Å²) in [4.78, 5) is 23.6. The first-order valence-electron chi connectivity index (χ1n) is 15.3. The number of oxime groups is 1. The van der Waals surface area contributed by atoms with Gasteiger partial charge in [0.15, 0.2) is 11.9 Å². The third kappa shape index (κ3) is 6.50. The highest BCUT2D eigenvalue weighted by molar-refractivity contribution is 6.04. The molecule has 0 spiro atoms. The van der Waals surface area contributed by atoms with E-state index in [1.54, 1.807) is 9.08 Å². The molecule has 2 unspecified atom stereocenters. The highest BCUT2D eigenvalue weighted by atomic mass is 19.4. The van der Waals surface area contributed by atoms with E-state index in [1.807, 2.05) is 55.5 Å². The van der Waals surface area contributed by atoms with Crippen molar-refractivity contribution >= 4 is 11.6 Å². The van der Waals surface area contributed by atoms with Crippen molar-refractivity contribution in [2.45, 2.75) is 82.7 Å². The molecule has 2 atom stereocenters. The van der Waals surface area contributed by atoms with Crippen molar-refractivity contribution in [1.82, 2.24) is 24.5 Å². The van der Waals surface area contributed by atoms with Crippen molar-refractivity contribution in [2.24, 2.45) is 5.16 Å². The predicted octanol–water partition coefficient (Wildman–Crippen LogP) is 4.08. The number of amidine groups is 1. The summed E-state index contributed by atoms with van der Waals surface area (Å²) in [5, 5.41) is 30.2. The lowest BCUT2D eigenvalue weighted by Crippen LogP contribution is -2.37. The van der Waals surface area contributed by atoms with Gasteiger partial charge >= 0.3 is 12.6 Å². The third-order valence-electron chi connectivity index (χ3n) is 8.52. The summed E-state index contributed by atoms with van der Waals surface area (Å²) in [6.45, 7) is 1.23. The van der Waals surface area contributed by atoms with Gasteiger partial charge in [0.25, 0.3) is 5.56 Å². The zero-order chi connectivity index (χ0) is 32.4. The van der Waals surface area contributed by atoms with Crippen molar-refractivity contribution in [2.75, 3.05) is 6.61 Å². The lowest BCUT2D eigenvalue weighted by atomic mass is 9.92.